The maximum atomic E-state index is 12.9. The van der Waals surface area contributed by atoms with E-state index in [1.165, 1.54) is 0 Å². The van der Waals surface area contributed by atoms with E-state index >= 15 is 0 Å². The Bertz CT molecular complexity index is 661. The van der Waals surface area contributed by atoms with E-state index in [1.807, 2.05) is 36.9 Å². The van der Waals surface area contributed by atoms with E-state index in [2.05, 4.69) is 16.3 Å². The van der Waals surface area contributed by atoms with Crippen LogP contribution in [0.3, 0.4) is 0 Å². The summed E-state index contributed by atoms with van der Waals surface area (Å²) in [6.07, 6.45) is 3.17. The van der Waals surface area contributed by atoms with Gasteiger partial charge in [-0.2, -0.15) is 0 Å². The zero-order chi connectivity index (χ0) is 19.9. The molecular formula is C22H33N3O3. The highest BCUT2D eigenvalue weighted by atomic mass is 16.5. The van der Waals surface area contributed by atoms with E-state index in [0.717, 1.165) is 63.2 Å². The summed E-state index contributed by atoms with van der Waals surface area (Å²) in [5, 5.41) is 3.15. The first-order chi connectivity index (χ1) is 13.6. The molecule has 0 aromatic heterocycles. The van der Waals surface area contributed by atoms with Crippen molar-refractivity contribution < 1.29 is 14.3 Å². The van der Waals surface area contributed by atoms with Crippen LogP contribution in [0.15, 0.2) is 24.3 Å². The molecule has 0 bridgehead atoms. The number of nitrogens with zero attached hydrogens (tertiary/aromatic N) is 2. The van der Waals surface area contributed by atoms with Crippen LogP contribution in [0.1, 0.15) is 39.5 Å². The molecule has 1 aliphatic carbocycles. The number of hydrogen-bond donors (Lipinski definition) is 1. The minimum absolute atomic E-state index is 0.0153. The van der Waals surface area contributed by atoms with Crippen molar-refractivity contribution in [2.24, 2.45) is 11.8 Å². The Hall–Kier alpha value is -2.08. The summed E-state index contributed by atoms with van der Waals surface area (Å²) in [6.45, 7) is 8.66. The van der Waals surface area contributed by atoms with Gasteiger partial charge in [-0.15, -0.1) is 0 Å². The van der Waals surface area contributed by atoms with E-state index in [-0.39, 0.29) is 23.7 Å². The summed E-state index contributed by atoms with van der Waals surface area (Å²) < 4.78 is 5.44. The Morgan fingerprint density at radius 1 is 1.04 bits per heavy atom. The fraction of sp³-hybridized carbons (Fsp3) is 0.636. The maximum Gasteiger partial charge on any atom is 0.227 e. The van der Waals surface area contributed by atoms with E-state index in [4.69, 9.17) is 4.74 Å². The van der Waals surface area contributed by atoms with E-state index in [1.54, 1.807) is 0 Å². The molecule has 28 heavy (non-hydrogen) atoms. The van der Waals surface area contributed by atoms with Crippen molar-refractivity contribution in [2.45, 2.75) is 39.5 Å². The van der Waals surface area contributed by atoms with Crippen LogP contribution in [-0.2, 0) is 14.3 Å². The van der Waals surface area contributed by atoms with Gasteiger partial charge in [0.1, 0.15) is 0 Å². The first-order valence-corrected chi connectivity index (χ1v) is 10.6. The maximum absolute atomic E-state index is 12.9. The van der Waals surface area contributed by atoms with Crippen molar-refractivity contribution >= 4 is 23.2 Å². The van der Waals surface area contributed by atoms with Gasteiger partial charge < -0.3 is 19.9 Å². The van der Waals surface area contributed by atoms with Crippen molar-refractivity contribution in [3.63, 3.8) is 0 Å². The molecule has 2 aliphatic rings. The van der Waals surface area contributed by atoms with Gasteiger partial charge in [0.15, 0.2) is 0 Å². The number of anilines is 2. The Morgan fingerprint density at radius 2 is 1.64 bits per heavy atom. The topological polar surface area (TPSA) is 61.9 Å². The first kappa shape index (κ1) is 20.6. The third-order valence-corrected chi connectivity index (χ3v) is 6.04. The molecule has 1 aliphatic heterocycles. The Labute approximate surface area is 168 Å². The van der Waals surface area contributed by atoms with Crippen LogP contribution >= 0.6 is 0 Å². The molecular weight excluding hydrogens is 354 g/mol. The average Bonchev–Trinajstić information content (AvgIpc) is 2.75. The van der Waals surface area contributed by atoms with E-state index in [0.29, 0.717) is 13.2 Å². The van der Waals surface area contributed by atoms with Crippen LogP contribution in [-0.4, -0.2) is 56.1 Å². The summed E-state index contributed by atoms with van der Waals surface area (Å²) in [5.74, 6) is 0.388. The van der Waals surface area contributed by atoms with Crippen LogP contribution in [0.5, 0.6) is 0 Å². The molecule has 2 fully saturated rings. The molecule has 1 N–H and O–H groups in total. The molecule has 0 radical (unpaired) electrons. The van der Waals surface area contributed by atoms with Crippen LogP contribution in [0.25, 0.3) is 0 Å². The van der Waals surface area contributed by atoms with Gasteiger partial charge in [-0.3, -0.25) is 9.59 Å². The van der Waals surface area contributed by atoms with Gasteiger partial charge in [0.05, 0.1) is 24.6 Å². The third-order valence-electron chi connectivity index (χ3n) is 6.04. The SMILES string of the molecule is CCN(CC)C(=O)C1CCC(C(=O)Nc2ccccc2N2CCOCC2)CC1. The van der Waals surface area contributed by atoms with Crippen molar-refractivity contribution in [2.75, 3.05) is 49.6 Å². The van der Waals surface area contributed by atoms with Crippen LogP contribution in [0.2, 0.25) is 0 Å². The second kappa shape index (κ2) is 9.92. The fourth-order valence-corrected chi connectivity index (χ4v) is 4.29. The standard InChI is InChI=1S/C22H33N3O3/c1-3-24(4-2)22(27)18-11-9-17(10-12-18)21(26)23-19-7-5-6-8-20(19)25-13-15-28-16-14-25/h5-8,17-18H,3-4,9-16H2,1-2H3,(H,23,26). The molecule has 1 aromatic rings. The summed E-state index contributed by atoms with van der Waals surface area (Å²) in [5.41, 5.74) is 1.93. The monoisotopic (exact) mass is 387 g/mol. The smallest absolute Gasteiger partial charge is 0.227 e. The average molecular weight is 388 g/mol. The first-order valence-electron chi connectivity index (χ1n) is 10.6. The van der Waals surface area contributed by atoms with Gasteiger partial charge in [0.2, 0.25) is 11.8 Å². The molecule has 6 nitrogen and oxygen atoms in total. The number of rotatable bonds is 6. The lowest BCUT2D eigenvalue weighted by Crippen LogP contribution is -2.39. The number of morpholine rings is 1. The lowest BCUT2D eigenvalue weighted by Gasteiger charge is -2.32. The highest BCUT2D eigenvalue weighted by Crippen LogP contribution is 2.32. The van der Waals surface area contributed by atoms with Crippen LogP contribution in [0.4, 0.5) is 11.4 Å². The lowest BCUT2D eigenvalue weighted by atomic mass is 9.81. The second-order valence-electron chi connectivity index (χ2n) is 7.66. The molecule has 1 saturated heterocycles. The molecule has 0 unspecified atom stereocenters. The quantitative estimate of drug-likeness (QED) is 0.815. The number of hydrogen-bond acceptors (Lipinski definition) is 4. The van der Waals surface area contributed by atoms with E-state index < -0.39 is 0 Å². The van der Waals surface area contributed by atoms with Gasteiger partial charge >= 0.3 is 0 Å². The number of carbonyl (C=O) groups is 2. The Kier molecular flexibility index (Phi) is 7.31. The predicted octanol–water partition coefficient (Wildman–Crippen LogP) is 3.14. The van der Waals surface area contributed by atoms with Crippen molar-refractivity contribution in [3.8, 4) is 0 Å². The summed E-state index contributed by atoms with van der Waals surface area (Å²) >= 11 is 0. The second-order valence-corrected chi connectivity index (χ2v) is 7.66. The minimum Gasteiger partial charge on any atom is -0.378 e. The normalized spacial score (nSPS) is 22.6. The van der Waals surface area contributed by atoms with Crippen LogP contribution in [0, 0.1) is 11.8 Å². The van der Waals surface area contributed by atoms with E-state index in [9.17, 15) is 9.59 Å². The highest BCUT2D eigenvalue weighted by Gasteiger charge is 2.31. The third kappa shape index (κ3) is 4.85. The van der Waals surface area contributed by atoms with Gasteiger partial charge in [-0.1, -0.05) is 12.1 Å². The number of amides is 2. The zero-order valence-electron chi connectivity index (χ0n) is 17.2. The van der Waals surface area contributed by atoms with Gasteiger partial charge in [0, 0.05) is 38.0 Å². The molecule has 154 valence electrons. The fourth-order valence-electron chi connectivity index (χ4n) is 4.29. The molecule has 6 heteroatoms. The number of para-hydroxylation sites is 2. The Balaban J connectivity index is 1.57. The Morgan fingerprint density at radius 3 is 2.29 bits per heavy atom. The van der Waals surface area contributed by atoms with Crippen LogP contribution < -0.4 is 10.2 Å². The molecule has 1 heterocycles. The molecule has 1 aromatic carbocycles. The largest absolute Gasteiger partial charge is 0.378 e. The van der Waals surface area contributed by atoms with Gasteiger partial charge in [-0.25, -0.2) is 0 Å². The van der Waals surface area contributed by atoms with Gasteiger partial charge in [0.25, 0.3) is 0 Å². The predicted molar refractivity (Wildman–Crippen MR) is 111 cm³/mol. The van der Waals surface area contributed by atoms with Crippen molar-refractivity contribution in [3.05, 3.63) is 24.3 Å². The molecule has 0 atom stereocenters. The summed E-state index contributed by atoms with van der Waals surface area (Å²) in [7, 11) is 0. The molecule has 1 saturated carbocycles. The molecule has 0 spiro atoms. The zero-order valence-corrected chi connectivity index (χ0v) is 17.2. The number of carbonyl (C=O) groups excluding carboxylic acids is 2. The number of nitrogens with one attached hydrogen (secondary N) is 1. The number of benzene rings is 1. The molecule has 3 rings (SSSR count). The summed E-state index contributed by atoms with van der Waals surface area (Å²) in [6, 6.07) is 7.99. The van der Waals surface area contributed by atoms with Crippen molar-refractivity contribution in [1.82, 2.24) is 4.90 Å². The number of ether oxygens (including phenoxy) is 1. The van der Waals surface area contributed by atoms with Gasteiger partial charge in [-0.05, 0) is 51.7 Å². The molecule has 2 amide bonds. The summed E-state index contributed by atoms with van der Waals surface area (Å²) in [4.78, 5) is 29.6. The lowest BCUT2D eigenvalue weighted by molar-refractivity contribution is -0.137. The highest BCUT2D eigenvalue weighted by molar-refractivity contribution is 5.96. The minimum atomic E-state index is -0.0153. The van der Waals surface area contributed by atoms with Crippen molar-refractivity contribution in [1.29, 1.82) is 0 Å².